The number of nitrogens with one attached hydrogen (secondary N) is 1. The number of hydrogen-bond donors (Lipinski definition) is 1. The van der Waals surface area contributed by atoms with Gasteiger partial charge in [0.15, 0.2) is 0 Å². The smallest absolute Gasteiger partial charge is 0.129 e. The van der Waals surface area contributed by atoms with Gasteiger partial charge in [0.05, 0.1) is 12.3 Å². The van der Waals surface area contributed by atoms with Crippen LogP contribution in [0.1, 0.15) is 19.8 Å². The minimum atomic E-state index is 0.771. The molecule has 2 rings (SSSR count). The number of benzene rings is 1. The van der Waals surface area contributed by atoms with Crippen LogP contribution in [0, 0.1) is 0 Å². The summed E-state index contributed by atoms with van der Waals surface area (Å²) in [5.41, 5.74) is 1.96. The molecular weight excluding hydrogens is 238 g/mol. The zero-order chi connectivity index (χ0) is 13.5. The van der Waals surface area contributed by atoms with Gasteiger partial charge in [-0.3, -0.25) is 0 Å². The molecule has 2 aromatic rings. The zero-order valence-corrected chi connectivity index (χ0v) is 11.4. The predicted molar refractivity (Wildman–Crippen MR) is 77.4 cm³/mol. The summed E-state index contributed by atoms with van der Waals surface area (Å²) < 4.78 is 5.64. The lowest BCUT2D eigenvalue weighted by Crippen LogP contribution is -1.96. The molecular formula is C15H19N3O. The molecule has 0 radical (unpaired) electrons. The third-order valence-electron chi connectivity index (χ3n) is 2.84. The molecule has 100 valence electrons. The third kappa shape index (κ3) is 3.68. The lowest BCUT2D eigenvalue weighted by molar-refractivity contribution is 0.309. The lowest BCUT2D eigenvalue weighted by atomic mass is 10.1. The molecule has 1 N–H and O–H groups in total. The Kier molecular flexibility index (Phi) is 4.72. The van der Waals surface area contributed by atoms with Crippen molar-refractivity contribution in [1.82, 2.24) is 9.97 Å². The van der Waals surface area contributed by atoms with Crippen LogP contribution in [0.15, 0.2) is 36.7 Å². The molecule has 0 bridgehead atoms. The third-order valence-corrected chi connectivity index (χ3v) is 2.84. The minimum Gasteiger partial charge on any atom is -0.494 e. The van der Waals surface area contributed by atoms with Gasteiger partial charge in [-0.05, 0) is 30.7 Å². The molecule has 0 aliphatic rings. The topological polar surface area (TPSA) is 47.0 Å². The Hall–Kier alpha value is -2.10. The van der Waals surface area contributed by atoms with Crippen molar-refractivity contribution >= 4 is 5.82 Å². The summed E-state index contributed by atoms with van der Waals surface area (Å²) in [6, 6.07) is 9.91. The first-order valence-electron chi connectivity index (χ1n) is 6.56. The second-order valence-electron chi connectivity index (χ2n) is 4.26. The Bertz CT molecular complexity index is 511. The van der Waals surface area contributed by atoms with Crippen LogP contribution in [0.25, 0.3) is 11.3 Å². The van der Waals surface area contributed by atoms with Gasteiger partial charge < -0.3 is 10.1 Å². The predicted octanol–water partition coefficient (Wildman–Crippen LogP) is 3.36. The maximum Gasteiger partial charge on any atom is 0.129 e. The Balaban J connectivity index is 2.08. The highest BCUT2D eigenvalue weighted by molar-refractivity contribution is 5.62. The number of hydrogen-bond acceptors (Lipinski definition) is 4. The second-order valence-corrected chi connectivity index (χ2v) is 4.26. The largest absolute Gasteiger partial charge is 0.494 e. The Morgan fingerprint density at radius 1 is 1.16 bits per heavy atom. The summed E-state index contributed by atoms with van der Waals surface area (Å²) in [6.45, 7) is 2.92. The van der Waals surface area contributed by atoms with Crippen molar-refractivity contribution < 1.29 is 4.74 Å². The lowest BCUT2D eigenvalue weighted by Gasteiger charge is -2.07. The van der Waals surface area contributed by atoms with Crippen molar-refractivity contribution in [2.24, 2.45) is 0 Å². The summed E-state index contributed by atoms with van der Waals surface area (Å²) >= 11 is 0. The average Bonchev–Trinajstić information content (AvgIpc) is 2.48. The molecule has 0 saturated heterocycles. The van der Waals surface area contributed by atoms with E-state index in [-0.39, 0.29) is 0 Å². The number of rotatable bonds is 6. The molecule has 0 amide bonds. The molecule has 0 fully saturated rings. The van der Waals surface area contributed by atoms with Gasteiger partial charge in [-0.15, -0.1) is 0 Å². The van der Waals surface area contributed by atoms with E-state index in [9.17, 15) is 0 Å². The molecule has 4 heteroatoms. The monoisotopic (exact) mass is 257 g/mol. The Labute approximate surface area is 113 Å². The summed E-state index contributed by atoms with van der Waals surface area (Å²) in [5.74, 6) is 1.72. The molecule has 0 unspecified atom stereocenters. The van der Waals surface area contributed by atoms with Crippen molar-refractivity contribution in [2.45, 2.75) is 19.8 Å². The normalized spacial score (nSPS) is 10.2. The first-order chi connectivity index (χ1) is 9.33. The summed E-state index contributed by atoms with van der Waals surface area (Å²) in [5, 5.41) is 3.01. The fourth-order valence-electron chi connectivity index (χ4n) is 1.71. The van der Waals surface area contributed by atoms with E-state index in [2.05, 4.69) is 22.2 Å². The maximum absolute atomic E-state index is 5.64. The van der Waals surface area contributed by atoms with Gasteiger partial charge in [-0.2, -0.15) is 0 Å². The fraction of sp³-hybridized carbons (Fsp3) is 0.333. The molecule has 0 spiro atoms. The number of aromatic nitrogens is 2. The van der Waals surface area contributed by atoms with Crippen molar-refractivity contribution in [3.63, 3.8) is 0 Å². The average molecular weight is 257 g/mol. The van der Waals surface area contributed by atoms with Crippen LogP contribution >= 0.6 is 0 Å². The van der Waals surface area contributed by atoms with Crippen molar-refractivity contribution in [1.29, 1.82) is 0 Å². The van der Waals surface area contributed by atoms with Crippen molar-refractivity contribution in [3.8, 4) is 17.0 Å². The van der Waals surface area contributed by atoms with Crippen molar-refractivity contribution in [3.05, 3.63) is 36.7 Å². The van der Waals surface area contributed by atoms with Gasteiger partial charge >= 0.3 is 0 Å². The fourth-order valence-corrected chi connectivity index (χ4v) is 1.71. The van der Waals surface area contributed by atoms with Gasteiger partial charge in [0.1, 0.15) is 17.9 Å². The van der Waals surface area contributed by atoms with E-state index in [0.29, 0.717) is 0 Å². The molecule has 1 aromatic heterocycles. The van der Waals surface area contributed by atoms with Crippen LogP contribution < -0.4 is 10.1 Å². The van der Waals surface area contributed by atoms with Crippen LogP contribution in [0.2, 0.25) is 0 Å². The van der Waals surface area contributed by atoms with Gasteiger partial charge in [-0.25, -0.2) is 9.97 Å². The quantitative estimate of drug-likeness (QED) is 0.806. The highest BCUT2D eigenvalue weighted by Crippen LogP contribution is 2.21. The van der Waals surface area contributed by atoms with E-state index in [1.165, 1.54) is 0 Å². The van der Waals surface area contributed by atoms with Crippen LogP contribution in [0.5, 0.6) is 5.75 Å². The Morgan fingerprint density at radius 3 is 2.63 bits per heavy atom. The highest BCUT2D eigenvalue weighted by atomic mass is 16.5. The van der Waals surface area contributed by atoms with E-state index in [4.69, 9.17) is 4.74 Å². The van der Waals surface area contributed by atoms with E-state index in [1.807, 2.05) is 37.4 Å². The summed E-state index contributed by atoms with van der Waals surface area (Å²) in [4.78, 5) is 8.37. The Morgan fingerprint density at radius 2 is 1.95 bits per heavy atom. The second kappa shape index (κ2) is 6.73. The molecule has 4 nitrogen and oxygen atoms in total. The summed E-state index contributed by atoms with van der Waals surface area (Å²) in [6.07, 6.45) is 3.79. The standard InChI is InChI=1S/C15H19N3O/c1-3-4-9-19-13-7-5-12(6-8-13)14-10-15(16-2)18-11-17-14/h5-8,10-11H,3-4,9H2,1-2H3,(H,16,17,18). The van der Waals surface area contributed by atoms with E-state index in [0.717, 1.165) is 42.3 Å². The number of anilines is 1. The van der Waals surface area contributed by atoms with E-state index in [1.54, 1.807) is 6.33 Å². The van der Waals surface area contributed by atoms with Gasteiger partial charge in [0.25, 0.3) is 0 Å². The first kappa shape index (κ1) is 13.3. The van der Waals surface area contributed by atoms with Gasteiger partial charge in [-0.1, -0.05) is 13.3 Å². The van der Waals surface area contributed by atoms with E-state index >= 15 is 0 Å². The molecule has 0 atom stereocenters. The summed E-state index contributed by atoms with van der Waals surface area (Å²) in [7, 11) is 1.84. The van der Waals surface area contributed by atoms with Gasteiger partial charge in [0, 0.05) is 18.7 Å². The zero-order valence-electron chi connectivity index (χ0n) is 11.4. The minimum absolute atomic E-state index is 0.771. The molecule has 0 aliphatic heterocycles. The van der Waals surface area contributed by atoms with Crippen LogP contribution in [-0.2, 0) is 0 Å². The molecule has 1 heterocycles. The highest BCUT2D eigenvalue weighted by Gasteiger charge is 2.01. The van der Waals surface area contributed by atoms with Crippen LogP contribution in [0.3, 0.4) is 0 Å². The number of nitrogens with zero attached hydrogens (tertiary/aromatic N) is 2. The SMILES string of the molecule is CCCCOc1ccc(-c2cc(NC)ncn2)cc1. The van der Waals surface area contributed by atoms with Crippen molar-refractivity contribution in [2.75, 3.05) is 19.0 Å². The number of ether oxygens (including phenoxy) is 1. The molecule has 0 saturated carbocycles. The molecule has 1 aromatic carbocycles. The first-order valence-corrected chi connectivity index (χ1v) is 6.56. The number of unbranched alkanes of at least 4 members (excludes halogenated alkanes) is 1. The van der Waals surface area contributed by atoms with E-state index < -0.39 is 0 Å². The van der Waals surface area contributed by atoms with Gasteiger partial charge in [0.2, 0.25) is 0 Å². The molecule has 19 heavy (non-hydrogen) atoms. The van der Waals surface area contributed by atoms with Crippen LogP contribution in [0.4, 0.5) is 5.82 Å². The molecule has 0 aliphatic carbocycles. The maximum atomic E-state index is 5.64. The van der Waals surface area contributed by atoms with Crippen LogP contribution in [-0.4, -0.2) is 23.6 Å².